The smallest absolute Gasteiger partial charge is 0.358 e. The number of fused-ring (bicyclic) bond motifs is 1. The van der Waals surface area contributed by atoms with Crippen LogP contribution in [0, 0.1) is 0 Å². The molecule has 1 aliphatic carbocycles. The van der Waals surface area contributed by atoms with Gasteiger partial charge in [-0.2, -0.15) is 0 Å². The quantitative estimate of drug-likeness (QED) is 0.709. The Morgan fingerprint density at radius 1 is 1.28 bits per heavy atom. The molecule has 1 unspecified atom stereocenters. The first-order valence-corrected chi connectivity index (χ1v) is 5.46. The van der Waals surface area contributed by atoms with Gasteiger partial charge in [0.15, 0.2) is 11.5 Å². The molecule has 1 aromatic carbocycles. The number of hydrogen-bond donors (Lipinski definition) is 3. The molecule has 0 radical (unpaired) electrons. The molecule has 0 amide bonds. The third kappa shape index (κ3) is 1.89. The van der Waals surface area contributed by atoms with E-state index in [1.165, 1.54) is 0 Å². The summed E-state index contributed by atoms with van der Waals surface area (Å²) in [6.07, 6.45) is 1.29. The van der Waals surface area contributed by atoms with E-state index in [0.29, 0.717) is 29.9 Å². The molecule has 2 aliphatic rings. The zero-order valence-corrected chi connectivity index (χ0v) is 9.79. The van der Waals surface area contributed by atoms with E-state index < -0.39 is 17.9 Å². The largest absolute Gasteiger partial charge is 0.481 e. The molecule has 98 valence electrons. The molecule has 1 aromatic rings. The van der Waals surface area contributed by atoms with Gasteiger partial charge in [-0.25, -0.2) is 0 Å². The second-order valence-electron chi connectivity index (χ2n) is 4.09. The van der Waals surface area contributed by atoms with Gasteiger partial charge in [0, 0.05) is 7.11 Å². The number of carbonyl (C=O) groups is 1. The number of aliphatic carboxylic acids is 1. The van der Waals surface area contributed by atoms with Crippen LogP contribution in [0.5, 0.6) is 11.5 Å². The van der Waals surface area contributed by atoms with Crippen LogP contribution in [-0.2, 0) is 10.2 Å². The average Bonchev–Trinajstić information content (AvgIpc) is 3.08. The number of hydrogen-bond acceptors (Lipinski definition) is 5. The van der Waals surface area contributed by atoms with Gasteiger partial charge in [-0.1, -0.05) is 6.07 Å². The minimum Gasteiger partial charge on any atom is -0.481 e. The van der Waals surface area contributed by atoms with Crippen molar-refractivity contribution in [2.45, 2.75) is 24.7 Å². The third-order valence-corrected chi connectivity index (χ3v) is 3.11. The summed E-state index contributed by atoms with van der Waals surface area (Å²) in [5, 5.41) is 25.2. The monoisotopic (exact) mass is 254 g/mol. The zero-order chi connectivity index (χ0) is 13.3. The lowest BCUT2D eigenvalue weighted by molar-refractivity contribution is -0.140. The highest BCUT2D eigenvalue weighted by atomic mass is 16.8. The van der Waals surface area contributed by atoms with Crippen molar-refractivity contribution >= 4 is 5.97 Å². The van der Waals surface area contributed by atoms with Crippen LogP contribution in [-0.4, -0.2) is 34.9 Å². The van der Waals surface area contributed by atoms with E-state index in [2.05, 4.69) is 0 Å². The Morgan fingerprint density at radius 2 is 1.89 bits per heavy atom. The fraction of sp³-hybridized carbons (Fsp3) is 0.417. The second kappa shape index (κ2) is 4.47. The van der Waals surface area contributed by atoms with E-state index in [0.717, 1.165) is 7.11 Å². The first kappa shape index (κ1) is 12.7. The standard InChI is InChI=1S/C11H10O5.CH4O/c12-9(13)11(3-4-11)6-1-2-7-8(5-6)16-10(14)15-7;1-2/h1-2,5,10,14H,3-4H2,(H,12,13);2H,1H3. The maximum Gasteiger partial charge on any atom is 0.358 e. The van der Waals surface area contributed by atoms with Crippen molar-refractivity contribution in [2.75, 3.05) is 7.11 Å². The van der Waals surface area contributed by atoms with E-state index >= 15 is 0 Å². The molecule has 1 saturated carbocycles. The van der Waals surface area contributed by atoms with Gasteiger partial charge in [-0.05, 0) is 30.5 Å². The van der Waals surface area contributed by atoms with Crippen LogP contribution in [0.4, 0.5) is 0 Å². The number of ether oxygens (including phenoxy) is 2. The second-order valence-corrected chi connectivity index (χ2v) is 4.09. The van der Waals surface area contributed by atoms with Gasteiger partial charge in [-0.3, -0.25) is 4.79 Å². The van der Waals surface area contributed by atoms with Gasteiger partial charge in [0.1, 0.15) is 0 Å². The molecule has 0 aromatic heterocycles. The Morgan fingerprint density at radius 3 is 2.44 bits per heavy atom. The van der Waals surface area contributed by atoms with Crippen molar-refractivity contribution in [3.8, 4) is 11.5 Å². The molecule has 0 saturated heterocycles. The van der Waals surface area contributed by atoms with Crippen molar-refractivity contribution in [1.29, 1.82) is 0 Å². The number of aliphatic hydroxyl groups is 2. The van der Waals surface area contributed by atoms with Crippen LogP contribution in [0.2, 0.25) is 0 Å². The maximum atomic E-state index is 11.1. The number of benzene rings is 1. The zero-order valence-electron chi connectivity index (χ0n) is 9.79. The maximum absolute atomic E-state index is 11.1. The van der Waals surface area contributed by atoms with Crippen molar-refractivity contribution in [3.05, 3.63) is 23.8 Å². The minimum absolute atomic E-state index is 0.400. The molecule has 6 heteroatoms. The Balaban J connectivity index is 0.000000574. The number of carboxylic acids is 1. The van der Waals surface area contributed by atoms with E-state index in [4.69, 9.17) is 24.8 Å². The fourth-order valence-electron chi connectivity index (χ4n) is 1.99. The summed E-state index contributed by atoms with van der Waals surface area (Å²) < 4.78 is 9.93. The summed E-state index contributed by atoms with van der Waals surface area (Å²) in [4.78, 5) is 11.1. The Kier molecular flexibility index (Phi) is 3.14. The van der Waals surface area contributed by atoms with Gasteiger partial charge in [-0.15, -0.1) is 0 Å². The SMILES string of the molecule is CO.O=C(O)C1(c2ccc3c(c2)OC(O)O3)CC1. The van der Waals surface area contributed by atoms with E-state index in [1.54, 1.807) is 18.2 Å². The molecule has 6 nitrogen and oxygen atoms in total. The van der Waals surface area contributed by atoms with Gasteiger partial charge >= 0.3 is 12.4 Å². The topological polar surface area (TPSA) is 96.2 Å². The predicted octanol–water partition coefficient (Wildman–Crippen LogP) is 0.458. The number of aliphatic hydroxyl groups excluding tert-OH is 2. The first-order valence-electron chi connectivity index (χ1n) is 5.46. The molecule has 1 atom stereocenters. The van der Waals surface area contributed by atoms with Crippen molar-refractivity contribution in [1.82, 2.24) is 0 Å². The number of rotatable bonds is 2. The number of carboxylic acid groups (broad SMARTS) is 1. The van der Waals surface area contributed by atoms with Crippen molar-refractivity contribution in [3.63, 3.8) is 0 Å². The highest BCUT2D eigenvalue weighted by Gasteiger charge is 2.52. The van der Waals surface area contributed by atoms with Gasteiger partial charge in [0.05, 0.1) is 5.41 Å². The van der Waals surface area contributed by atoms with E-state index in [9.17, 15) is 4.79 Å². The van der Waals surface area contributed by atoms with Gasteiger partial charge in [0.25, 0.3) is 0 Å². The summed E-state index contributed by atoms with van der Waals surface area (Å²) in [6.45, 7) is -1.29. The Hall–Kier alpha value is -1.79. The van der Waals surface area contributed by atoms with Crippen LogP contribution < -0.4 is 9.47 Å². The van der Waals surface area contributed by atoms with Gasteiger partial charge < -0.3 is 24.8 Å². The van der Waals surface area contributed by atoms with Crippen LogP contribution in [0.1, 0.15) is 18.4 Å². The molecule has 3 N–H and O–H groups in total. The molecule has 1 heterocycles. The van der Waals surface area contributed by atoms with E-state index in [1.807, 2.05) is 0 Å². The van der Waals surface area contributed by atoms with Crippen molar-refractivity contribution in [2.24, 2.45) is 0 Å². The summed E-state index contributed by atoms with van der Waals surface area (Å²) in [7, 11) is 1.00. The lowest BCUT2D eigenvalue weighted by Crippen LogP contribution is -2.19. The van der Waals surface area contributed by atoms with Crippen LogP contribution >= 0.6 is 0 Å². The van der Waals surface area contributed by atoms with Crippen LogP contribution in [0.25, 0.3) is 0 Å². The third-order valence-electron chi connectivity index (χ3n) is 3.11. The molecular weight excluding hydrogens is 240 g/mol. The minimum atomic E-state index is -1.29. The molecule has 1 fully saturated rings. The Bertz CT molecular complexity index is 466. The average molecular weight is 254 g/mol. The molecule has 3 rings (SSSR count). The van der Waals surface area contributed by atoms with Crippen LogP contribution in [0.3, 0.4) is 0 Å². The van der Waals surface area contributed by atoms with Crippen LogP contribution in [0.15, 0.2) is 18.2 Å². The lowest BCUT2D eigenvalue weighted by atomic mass is 9.96. The Labute approximate surface area is 103 Å². The summed E-state index contributed by atoms with van der Waals surface area (Å²) in [5.74, 6) is 0.0295. The fourth-order valence-corrected chi connectivity index (χ4v) is 1.99. The van der Waals surface area contributed by atoms with Crippen molar-refractivity contribution < 1.29 is 29.6 Å². The molecule has 1 aliphatic heterocycles. The molecular formula is C12H14O6. The highest BCUT2D eigenvalue weighted by Crippen LogP contribution is 2.50. The molecule has 18 heavy (non-hydrogen) atoms. The lowest BCUT2D eigenvalue weighted by Gasteiger charge is -2.10. The summed E-state index contributed by atoms with van der Waals surface area (Å²) in [6, 6.07) is 4.97. The normalized spacial score (nSPS) is 21.8. The predicted molar refractivity (Wildman–Crippen MR) is 60.4 cm³/mol. The summed E-state index contributed by atoms with van der Waals surface area (Å²) in [5.41, 5.74) is -0.0530. The molecule has 0 spiro atoms. The van der Waals surface area contributed by atoms with Gasteiger partial charge in [0.2, 0.25) is 0 Å². The highest BCUT2D eigenvalue weighted by molar-refractivity contribution is 5.85. The summed E-state index contributed by atoms with van der Waals surface area (Å²) >= 11 is 0. The molecule has 0 bridgehead atoms. The van der Waals surface area contributed by atoms with E-state index in [-0.39, 0.29) is 0 Å². The first-order chi connectivity index (χ1) is 8.62.